The Morgan fingerprint density at radius 2 is 1.47 bits per heavy atom. The molecule has 1 aliphatic heterocycles. The van der Waals surface area contributed by atoms with Gasteiger partial charge in [-0.1, -0.05) is 48.5 Å². The normalized spacial score (nSPS) is 25.9. The van der Waals surface area contributed by atoms with Gasteiger partial charge in [0.25, 0.3) is 0 Å². The molecule has 19 heavy (non-hydrogen) atoms. The molecule has 0 aliphatic carbocycles. The van der Waals surface area contributed by atoms with Crippen LogP contribution in [0.1, 0.15) is 54.9 Å². The Hall–Kier alpha value is -0.860. The molecular weight excluding hydrogens is 238 g/mol. The summed E-state index contributed by atoms with van der Waals surface area (Å²) in [6, 6.07) is 0. The van der Waals surface area contributed by atoms with Crippen LogP contribution >= 0.6 is 0 Å². The van der Waals surface area contributed by atoms with E-state index in [1.807, 2.05) is 6.92 Å². The molecule has 3 nitrogen and oxygen atoms in total. The van der Waals surface area contributed by atoms with Crippen LogP contribution in [0.4, 0.5) is 0 Å². The summed E-state index contributed by atoms with van der Waals surface area (Å²) < 4.78 is 0. The van der Waals surface area contributed by atoms with Crippen molar-refractivity contribution >= 4 is 11.7 Å². The third-order valence-electron chi connectivity index (χ3n) is 3.96. The van der Waals surface area contributed by atoms with Gasteiger partial charge in [0.1, 0.15) is 0 Å². The average molecular weight is 267 g/mol. The van der Waals surface area contributed by atoms with Gasteiger partial charge in [-0.2, -0.15) is 0 Å². The Labute approximate surface area is 117 Å². The molecule has 1 saturated heterocycles. The number of piperidine rings is 1. The molecule has 1 aliphatic rings. The zero-order valence-corrected chi connectivity index (χ0v) is 13.5. The van der Waals surface area contributed by atoms with E-state index >= 15 is 0 Å². The maximum Gasteiger partial charge on any atom is 0.227 e. The van der Waals surface area contributed by atoms with Crippen molar-refractivity contribution in [1.82, 2.24) is 4.90 Å². The van der Waals surface area contributed by atoms with Crippen molar-refractivity contribution in [3.05, 3.63) is 0 Å². The van der Waals surface area contributed by atoms with Crippen LogP contribution in [0.2, 0.25) is 0 Å². The number of amides is 1. The molecule has 1 rings (SSSR count). The van der Waals surface area contributed by atoms with Crippen molar-refractivity contribution in [3.8, 4) is 0 Å². The van der Waals surface area contributed by atoms with E-state index < -0.39 is 0 Å². The van der Waals surface area contributed by atoms with Gasteiger partial charge in [0, 0.05) is 12.5 Å². The third-order valence-corrected chi connectivity index (χ3v) is 3.96. The molecule has 1 heterocycles. The Morgan fingerprint density at radius 1 is 1.00 bits per heavy atom. The van der Waals surface area contributed by atoms with E-state index in [0.717, 1.165) is 6.42 Å². The molecule has 0 aromatic carbocycles. The van der Waals surface area contributed by atoms with Gasteiger partial charge < -0.3 is 4.90 Å². The molecule has 110 valence electrons. The van der Waals surface area contributed by atoms with Gasteiger partial charge in [0.2, 0.25) is 5.91 Å². The summed E-state index contributed by atoms with van der Waals surface area (Å²) in [6.07, 6.45) is 0.899. The Kier molecular flexibility index (Phi) is 4.48. The lowest BCUT2D eigenvalue weighted by Crippen LogP contribution is -2.58. The maximum atomic E-state index is 12.7. The molecule has 0 radical (unpaired) electrons. The number of likely N-dealkylation sites (tertiary alicyclic amines) is 1. The zero-order valence-electron chi connectivity index (χ0n) is 13.5. The van der Waals surface area contributed by atoms with Gasteiger partial charge in [-0.15, -0.1) is 0 Å². The zero-order chi connectivity index (χ0) is 15.0. The van der Waals surface area contributed by atoms with Crippen LogP contribution < -0.4 is 0 Å². The largest absolute Gasteiger partial charge is 0.335 e. The summed E-state index contributed by atoms with van der Waals surface area (Å²) in [7, 11) is 0. The highest BCUT2D eigenvalue weighted by Crippen LogP contribution is 2.45. The molecule has 0 spiro atoms. The minimum Gasteiger partial charge on any atom is -0.335 e. The van der Waals surface area contributed by atoms with Crippen LogP contribution in [0.25, 0.3) is 0 Å². The summed E-state index contributed by atoms with van der Waals surface area (Å²) in [5.41, 5.74) is -0.347. The van der Waals surface area contributed by atoms with Crippen molar-refractivity contribution < 1.29 is 9.59 Å². The molecule has 0 saturated carbocycles. The molecule has 2 unspecified atom stereocenters. The van der Waals surface area contributed by atoms with Crippen molar-refractivity contribution in [1.29, 1.82) is 0 Å². The topological polar surface area (TPSA) is 37.4 Å². The Bertz CT molecular complexity index is 360. The number of hydrogen-bond acceptors (Lipinski definition) is 2. The minimum atomic E-state index is -0.208. The lowest BCUT2D eigenvalue weighted by atomic mass is 9.60. The van der Waals surface area contributed by atoms with E-state index in [4.69, 9.17) is 0 Å². The first-order chi connectivity index (χ1) is 8.50. The van der Waals surface area contributed by atoms with Crippen LogP contribution in [-0.4, -0.2) is 29.7 Å². The van der Waals surface area contributed by atoms with E-state index in [2.05, 4.69) is 41.5 Å². The molecule has 3 heteroatoms. The number of carbonyl (C=O) groups is 2. The fourth-order valence-electron chi connectivity index (χ4n) is 3.20. The smallest absolute Gasteiger partial charge is 0.227 e. The quantitative estimate of drug-likeness (QED) is 0.771. The second-order valence-corrected chi connectivity index (χ2v) is 7.91. The molecule has 2 atom stereocenters. The fraction of sp³-hybridized carbons (Fsp3) is 0.875. The summed E-state index contributed by atoms with van der Waals surface area (Å²) in [5, 5.41) is 0. The first-order valence-corrected chi connectivity index (χ1v) is 7.31. The highest BCUT2D eigenvalue weighted by Gasteiger charge is 2.51. The van der Waals surface area contributed by atoms with Gasteiger partial charge in [-0.25, -0.2) is 0 Å². The predicted molar refractivity (Wildman–Crippen MR) is 77.8 cm³/mol. The third kappa shape index (κ3) is 3.37. The Morgan fingerprint density at radius 3 is 1.84 bits per heavy atom. The SMILES string of the molecule is CCCN1CC(=O)C(C(C)(C)C)C(C(C)(C)C)C1=O. The van der Waals surface area contributed by atoms with Crippen LogP contribution in [0.5, 0.6) is 0 Å². The first-order valence-electron chi connectivity index (χ1n) is 7.31. The predicted octanol–water partition coefficient (Wildman–Crippen LogP) is 3.13. The van der Waals surface area contributed by atoms with E-state index in [1.165, 1.54) is 0 Å². The molecule has 0 bridgehead atoms. The second-order valence-electron chi connectivity index (χ2n) is 7.91. The van der Waals surface area contributed by atoms with E-state index in [-0.39, 0.29) is 34.4 Å². The standard InChI is InChI=1S/C16H29NO2/c1-8-9-17-10-11(18)12(15(2,3)4)13(14(17)19)16(5,6)7/h12-13H,8-10H2,1-7H3. The van der Waals surface area contributed by atoms with Crippen molar-refractivity contribution in [3.63, 3.8) is 0 Å². The number of rotatable bonds is 2. The average Bonchev–Trinajstić information content (AvgIpc) is 2.19. The van der Waals surface area contributed by atoms with Crippen molar-refractivity contribution in [2.45, 2.75) is 54.9 Å². The van der Waals surface area contributed by atoms with Crippen molar-refractivity contribution in [2.24, 2.45) is 22.7 Å². The van der Waals surface area contributed by atoms with Crippen LogP contribution in [0.3, 0.4) is 0 Å². The van der Waals surface area contributed by atoms with E-state index in [9.17, 15) is 9.59 Å². The number of ketones is 1. The summed E-state index contributed by atoms with van der Waals surface area (Å²) in [6.45, 7) is 15.4. The van der Waals surface area contributed by atoms with Gasteiger partial charge in [-0.3, -0.25) is 9.59 Å². The van der Waals surface area contributed by atoms with Gasteiger partial charge in [0.05, 0.1) is 12.5 Å². The lowest BCUT2D eigenvalue weighted by Gasteiger charge is -2.47. The second kappa shape index (κ2) is 5.26. The van der Waals surface area contributed by atoms with Crippen LogP contribution in [0.15, 0.2) is 0 Å². The molecule has 1 amide bonds. The summed E-state index contributed by atoms with van der Waals surface area (Å²) in [5.74, 6) is 0.00255. The van der Waals surface area contributed by atoms with Crippen LogP contribution in [0, 0.1) is 22.7 Å². The van der Waals surface area contributed by atoms with Gasteiger partial charge in [-0.05, 0) is 17.3 Å². The number of hydrogen-bond donors (Lipinski definition) is 0. The molecule has 0 aromatic rings. The maximum absolute atomic E-state index is 12.7. The first kappa shape index (κ1) is 16.2. The molecule has 1 fully saturated rings. The Balaban J connectivity index is 3.19. The van der Waals surface area contributed by atoms with Crippen molar-refractivity contribution in [2.75, 3.05) is 13.1 Å². The van der Waals surface area contributed by atoms with Crippen LogP contribution in [-0.2, 0) is 9.59 Å². The fourth-order valence-corrected chi connectivity index (χ4v) is 3.20. The van der Waals surface area contributed by atoms with E-state index in [1.54, 1.807) is 4.90 Å². The lowest BCUT2D eigenvalue weighted by molar-refractivity contribution is -0.159. The number of nitrogens with zero attached hydrogens (tertiary/aromatic N) is 1. The number of Topliss-reactive ketones (excluding diaryl/α,β-unsaturated/α-hetero) is 1. The van der Waals surface area contributed by atoms with Gasteiger partial charge in [0.15, 0.2) is 5.78 Å². The van der Waals surface area contributed by atoms with E-state index in [0.29, 0.717) is 13.1 Å². The molecule has 0 N–H and O–H groups in total. The molecule has 0 aromatic heterocycles. The highest BCUT2D eigenvalue weighted by molar-refractivity contribution is 5.97. The highest BCUT2D eigenvalue weighted by atomic mass is 16.2. The molecular formula is C16H29NO2. The number of carbonyl (C=O) groups excluding carboxylic acids is 2. The summed E-state index contributed by atoms with van der Waals surface area (Å²) >= 11 is 0. The minimum absolute atomic E-state index is 0.161. The van der Waals surface area contributed by atoms with Gasteiger partial charge >= 0.3 is 0 Å². The summed E-state index contributed by atoms with van der Waals surface area (Å²) in [4.78, 5) is 27.0. The monoisotopic (exact) mass is 267 g/mol.